The van der Waals surface area contributed by atoms with Crippen molar-refractivity contribution in [1.82, 2.24) is 4.90 Å². The van der Waals surface area contributed by atoms with Crippen molar-refractivity contribution in [3.05, 3.63) is 12.2 Å². The number of carbonyl (C=O) groups excluding carboxylic acids is 2. The molecule has 1 aliphatic heterocycles. The van der Waals surface area contributed by atoms with Gasteiger partial charge in [-0.2, -0.15) is 0 Å². The van der Waals surface area contributed by atoms with Crippen LogP contribution in [0.2, 0.25) is 0 Å². The van der Waals surface area contributed by atoms with Crippen LogP contribution in [0.3, 0.4) is 0 Å². The van der Waals surface area contributed by atoms with Gasteiger partial charge in [-0.3, -0.25) is 14.5 Å². The van der Waals surface area contributed by atoms with Crippen molar-refractivity contribution in [2.45, 2.75) is 6.92 Å². The quantitative estimate of drug-likeness (QED) is 0.288. The van der Waals surface area contributed by atoms with E-state index in [2.05, 4.69) is 0 Å². The van der Waals surface area contributed by atoms with E-state index in [1.807, 2.05) is 6.92 Å². The van der Waals surface area contributed by atoms with Crippen LogP contribution in [-0.4, -0.2) is 89.3 Å². The van der Waals surface area contributed by atoms with Gasteiger partial charge in [-0.05, 0) is 6.92 Å². The van der Waals surface area contributed by atoms with E-state index in [9.17, 15) is 9.59 Å². The second-order valence-corrected chi connectivity index (χ2v) is 4.81. The Morgan fingerprint density at radius 3 is 1.46 bits per heavy atom. The third-order valence-electron chi connectivity index (χ3n) is 3.05. The Kier molecular flexibility index (Phi) is 12.1. The maximum Gasteiger partial charge on any atom is 0.253 e. The molecule has 0 spiro atoms. The summed E-state index contributed by atoms with van der Waals surface area (Å²) in [5.74, 6) is -0.585. The van der Waals surface area contributed by atoms with Crippen LogP contribution in [0.4, 0.5) is 0 Å². The fraction of sp³-hybridized carbons (Fsp3) is 0.750. The molecule has 138 valence electrons. The summed E-state index contributed by atoms with van der Waals surface area (Å²) in [4.78, 5) is 23.7. The van der Waals surface area contributed by atoms with Gasteiger partial charge in [-0.1, -0.05) is 0 Å². The van der Waals surface area contributed by atoms with Crippen molar-refractivity contribution in [1.29, 1.82) is 0 Å². The summed E-state index contributed by atoms with van der Waals surface area (Å²) in [6.45, 7) is 7.29. The minimum Gasteiger partial charge on any atom is -0.379 e. The molecule has 0 aliphatic carbocycles. The van der Waals surface area contributed by atoms with E-state index in [0.717, 1.165) is 4.90 Å². The van der Waals surface area contributed by atoms with E-state index in [4.69, 9.17) is 23.7 Å². The lowest BCUT2D eigenvalue weighted by molar-refractivity contribution is -0.137. The van der Waals surface area contributed by atoms with Crippen LogP contribution in [-0.2, 0) is 33.3 Å². The minimum atomic E-state index is -0.293. The second-order valence-electron chi connectivity index (χ2n) is 4.81. The molecule has 2 amide bonds. The van der Waals surface area contributed by atoms with Crippen LogP contribution >= 0.6 is 0 Å². The average molecular weight is 345 g/mol. The molecule has 0 aromatic rings. The predicted molar refractivity (Wildman–Crippen MR) is 85.6 cm³/mol. The molecule has 0 atom stereocenters. The standard InChI is InChI=1S/C16H27NO7/c1-2-20-7-8-22-11-12-24-14-13-23-10-9-21-6-5-17-15(18)3-4-16(17)19/h3-4H,2,5-14H2,1H3. The van der Waals surface area contributed by atoms with Crippen LogP contribution in [0, 0.1) is 0 Å². The third-order valence-corrected chi connectivity index (χ3v) is 3.05. The summed E-state index contributed by atoms with van der Waals surface area (Å²) in [7, 11) is 0. The summed E-state index contributed by atoms with van der Waals surface area (Å²) in [5, 5.41) is 0. The Hall–Kier alpha value is -1.32. The van der Waals surface area contributed by atoms with Crippen molar-refractivity contribution < 1.29 is 33.3 Å². The van der Waals surface area contributed by atoms with Gasteiger partial charge in [0, 0.05) is 18.8 Å². The summed E-state index contributed by atoms with van der Waals surface area (Å²) in [6, 6.07) is 0. The molecule has 0 aromatic carbocycles. The van der Waals surface area contributed by atoms with Gasteiger partial charge < -0.3 is 23.7 Å². The van der Waals surface area contributed by atoms with Crippen molar-refractivity contribution in [2.24, 2.45) is 0 Å². The molecule has 0 aromatic heterocycles. The summed E-state index contributed by atoms with van der Waals surface area (Å²) >= 11 is 0. The van der Waals surface area contributed by atoms with Gasteiger partial charge in [0.05, 0.1) is 66.0 Å². The van der Waals surface area contributed by atoms with Gasteiger partial charge in [0.15, 0.2) is 0 Å². The van der Waals surface area contributed by atoms with Crippen molar-refractivity contribution in [2.75, 3.05) is 72.6 Å². The van der Waals surface area contributed by atoms with E-state index in [1.54, 1.807) is 0 Å². The van der Waals surface area contributed by atoms with Crippen molar-refractivity contribution >= 4 is 11.8 Å². The number of nitrogens with zero attached hydrogens (tertiary/aromatic N) is 1. The first-order chi connectivity index (χ1) is 11.8. The lowest BCUT2D eigenvalue weighted by Crippen LogP contribution is -2.33. The first-order valence-electron chi connectivity index (χ1n) is 8.18. The first kappa shape index (κ1) is 20.7. The molecule has 0 saturated carbocycles. The highest BCUT2D eigenvalue weighted by Gasteiger charge is 2.22. The van der Waals surface area contributed by atoms with Gasteiger partial charge in [0.1, 0.15) is 0 Å². The van der Waals surface area contributed by atoms with Crippen molar-refractivity contribution in [3.8, 4) is 0 Å². The van der Waals surface area contributed by atoms with Gasteiger partial charge in [0.25, 0.3) is 11.8 Å². The molecule has 0 unspecified atom stereocenters. The number of imide groups is 1. The molecule has 1 rings (SSSR count). The van der Waals surface area contributed by atoms with E-state index < -0.39 is 0 Å². The Balaban J connectivity index is 1.75. The van der Waals surface area contributed by atoms with E-state index in [1.165, 1.54) is 12.2 Å². The molecular weight excluding hydrogens is 318 g/mol. The predicted octanol–water partition coefficient (Wildman–Crippen LogP) is 0.0143. The van der Waals surface area contributed by atoms with Gasteiger partial charge in [-0.25, -0.2) is 0 Å². The summed E-state index contributed by atoms with van der Waals surface area (Å²) in [5.41, 5.74) is 0. The molecule has 0 fully saturated rings. The Morgan fingerprint density at radius 2 is 1.04 bits per heavy atom. The Morgan fingerprint density at radius 1 is 0.667 bits per heavy atom. The zero-order chi connectivity index (χ0) is 17.5. The fourth-order valence-electron chi connectivity index (χ4n) is 1.83. The number of ether oxygens (including phenoxy) is 5. The van der Waals surface area contributed by atoms with Crippen LogP contribution in [0.5, 0.6) is 0 Å². The summed E-state index contributed by atoms with van der Waals surface area (Å²) < 4.78 is 26.4. The lowest BCUT2D eigenvalue weighted by atomic mass is 10.5. The molecule has 1 aliphatic rings. The fourth-order valence-corrected chi connectivity index (χ4v) is 1.83. The molecule has 0 N–H and O–H groups in total. The number of carbonyl (C=O) groups is 2. The topological polar surface area (TPSA) is 83.5 Å². The zero-order valence-electron chi connectivity index (χ0n) is 14.2. The molecule has 8 nitrogen and oxygen atoms in total. The maximum absolute atomic E-state index is 11.3. The maximum atomic E-state index is 11.3. The summed E-state index contributed by atoms with van der Waals surface area (Å²) in [6.07, 6.45) is 2.52. The van der Waals surface area contributed by atoms with Crippen LogP contribution in [0.15, 0.2) is 12.2 Å². The molecular formula is C16H27NO7. The first-order valence-corrected chi connectivity index (χ1v) is 8.18. The van der Waals surface area contributed by atoms with E-state index in [-0.39, 0.29) is 18.4 Å². The molecule has 0 radical (unpaired) electrons. The van der Waals surface area contributed by atoms with Crippen LogP contribution in [0.25, 0.3) is 0 Å². The number of hydrogen-bond donors (Lipinski definition) is 0. The number of hydrogen-bond acceptors (Lipinski definition) is 7. The molecule has 8 heteroatoms. The number of rotatable bonds is 16. The van der Waals surface area contributed by atoms with Crippen LogP contribution in [0.1, 0.15) is 6.92 Å². The smallest absolute Gasteiger partial charge is 0.253 e. The number of amides is 2. The molecule has 24 heavy (non-hydrogen) atoms. The minimum absolute atomic E-state index is 0.261. The highest BCUT2D eigenvalue weighted by molar-refractivity contribution is 6.12. The highest BCUT2D eigenvalue weighted by Crippen LogP contribution is 2.02. The highest BCUT2D eigenvalue weighted by atomic mass is 16.6. The van der Waals surface area contributed by atoms with Crippen LogP contribution < -0.4 is 0 Å². The van der Waals surface area contributed by atoms with E-state index in [0.29, 0.717) is 66.1 Å². The largest absolute Gasteiger partial charge is 0.379 e. The molecule has 1 heterocycles. The van der Waals surface area contributed by atoms with E-state index >= 15 is 0 Å². The molecule has 0 bridgehead atoms. The monoisotopic (exact) mass is 345 g/mol. The average Bonchev–Trinajstić information content (AvgIpc) is 2.90. The lowest BCUT2D eigenvalue weighted by Gasteiger charge is -2.13. The Bertz CT molecular complexity index is 369. The normalized spacial score (nSPS) is 14.1. The second kappa shape index (κ2) is 14.1. The molecule has 0 saturated heterocycles. The van der Waals surface area contributed by atoms with Gasteiger partial charge in [-0.15, -0.1) is 0 Å². The van der Waals surface area contributed by atoms with Crippen molar-refractivity contribution in [3.63, 3.8) is 0 Å². The SMILES string of the molecule is CCOCCOCCOCCOCCOCCN1C(=O)C=CC1=O. The van der Waals surface area contributed by atoms with Gasteiger partial charge in [0.2, 0.25) is 0 Å². The third kappa shape index (κ3) is 9.74. The Labute approximate surface area is 142 Å². The zero-order valence-corrected chi connectivity index (χ0v) is 14.2. The van der Waals surface area contributed by atoms with Gasteiger partial charge >= 0.3 is 0 Å².